The summed E-state index contributed by atoms with van der Waals surface area (Å²) in [5.74, 6) is 0.344. The van der Waals surface area contributed by atoms with Gasteiger partial charge >= 0.3 is 0 Å². The van der Waals surface area contributed by atoms with Gasteiger partial charge in [0.1, 0.15) is 0 Å². The molecule has 0 saturated heterocycles. The van der Waals surface area contributed by atoms with Gasteiger partial charge in [0, 0.05) is 6.54 Å². The van der Waals surface area contributed by atoms with E-state index >= 15 is 0 Å². The van der Waals surface area contributed by atoms with Gasteiger partial charge in [-0.2, -0.15) is 4.99 Å². The fourth-order valence-corrected chi connectivity index (χ4v) is 3.25. The van der Waals surface area contributed by atoms with Crippen molar-refractivity contribution in [3.63, 3.8) is 0 Å². The van der Waals surface area contributed by atoms with Crippen molar-refractivity contribution in [2.45, 2.75) is 13.5 Å². The molecule has 3 rings (SSSR count). The van der Waals surface area contributed by atoms with Gasteiger partial charge in [0.05, 0.1) is 11.5 Å². The van der Waals surface area contributed by atoms with Gasteiger partial charge in [-0.05, 0) is 48.0 Å². The summed E-state index contributed by atoms with van der Waals surface area (Å²) < 4.78 is 11.3. The third kappa shape index (κ3) is 5.86. The zero-order valence-electron chi connectivity index (χ0n) is 15.9. The van der Waals surface area contributed by atoms with Crippen LogP contribution in [0.1, 0.15) is 18.1 Å². The van der Waals surface area contributed by atoms with Crippen LogP contribution in [0.2, 0.25) is 0 Å². The number of benzene rings is 2. The van der Waals surface area contributed by atoms with E-state index in [0.29, 0.717) is 29.6 Å². The molecule has 0 saturated carbocycles. The van der Waals surface area contributed by atoms with Gasteiger partial charge in [-0.3, -0.25) is 9.59 Å². The lowest BCUT2D eigenvalue weighted by Gasteiger charge is -2.13. The molecule has 0 aliphatic carbocycles. The number of aliphatic imine (C=N–C) groups is 1. The fourth-order valence-electron chi connectivity index (χ4n) is 2.57. The van der Waals surface area contributed by atoms with Gasteiger partial charge in [0.15, 0.2) is 23.3 Å². The van der Waals surface area contributed by atoms with Crippen LogP contribution in [0.25, 0.3) is 6.08 Å². The molecule has 150 valence electrons. The molecular formula is C21H21N3O4S. The molecule has 0 fully saturated rings. The van der Waals surface area contributed by atoms with Gasteiger partial charge in [-0.25, -0.2) is 0 Å². The van der Waals surface area contributed by atoms with Crippen molar-refractivity contribution >= 4 is 34.8 Å². The second kappa shape index (κ2) is 9.79. The van der Waals surface area contributed by atoms with Crippen molar-refractivity contribution in [2.24, 2.45) is 10.7 Å². The Labute approximate surface area is 173 Å². The maximum Gasteiger partial charge on any atom is 0.286 e. The van der Waals surface area contributed by atoms with Gasteiger partial charge < -0.3 is 20.5 Å². The number of amides is 2. The van der Waals surface area contributed by atoms with E-state index in [1.54, 1.807) is 24.3 Å². The van der Waals surface area contributed by atoms with Crippen molar-refractivity contribution in [3.05, 3.63) is 64.6 Å². The average molecular weight is 411 g/mol. The number of thioether (sulfide) groups is 1. The van der Waals surface area contributed by atoms with Crippen molar-refractivity contribution in [1.29, 1.82) is 0 Å². The molecule has 7 nitrogen and oxygen atoms in total. The highest BCUT2D eigenvalue weighted by Gasteiger charge is 2.19. The molecule has 0 radical (unpaired) electrons. The lowest BCUT2D eigenvalue weighted by atomic mass is 10.2. The lowest BCUT2D eigenvalue weighted by Crippen LogP contribution is -2.28. The molecule has 29 heavy (non-hydrogen) atoms. The standard InChI is InChI=1S/C21H21N3O4S/c1-2-27-17-10-15(11-18-20(26)24-21(22)29-18)8-9-16(17)28-13-19(25)23-12-14-6-4-3-5-7-14/h3-11H,2,12-13H2,1H3,(H,23,25)(H2,22,24,26)/b18-11+. The van der Waals surface area contributed by atoms with Crippen LogP contribution < -0.4 is 20.5 Å². The number of rotatable bonds is 8. The molecule has 0 atom stereocenters. The Morgan fingerprint density at radius 2 is 1.97 bits per heavy atom. The molecule has 2 aromatic carbocycles. The smallest absolute Gasteiger partial charge is 0.286 e. The van der Waals surface area contributed by atoms with E-state index in [1.165, 1.54) is 0 Å². The Morgan fingerprint density at radius 3 is 2.66 bits per heavy atom. The van der Waals surface area contributed by atoms with E-state index in [0.717, 1.165) is 22.9 Å². The SMILES string of the molecule is CCOc1cc(/C=C2/SC(N)=NC2=O)ccc1OCC(=O)NCc1ccccc1. The van der Waals surface area contributed by atoms with Gasteiger partial charge in [0.25, 0.3) is 11.8 Å². The maximum atomic E-state index is 12.1. The Kier molecular flexibility index (Phi) is 6.91. The van der Waals surface area contributed by atoms with Crippen LogP contribution in [0.4, 0.5) is 0 Å². The summed E-state index contributed by atoms with van der Waals surface area (Å²) in [6.07, 6.45) is 1.69. The van der Waals surface area contributed by atoms with Crippen LogP contribution in [0.3, 0.4) is 0 Å². The molecule has 0 unspecified atom stereocenters. The molecule has 0 spiro atoms. The van der Waals surface area contributed by atoms with Gasteiger partial charge in [-0.15, -0.1) is 0 Å². The minimum atomic E-state index is -0.360. The average Bonchev–Trinajstić information content (AvgIpc) is 3.03. The van der Waals surface area contributed by atoms with Crippen LogP contribution in [0.15, 0.2) is 58.4 Å². The molecule has 2 amide bonds. The van der Waals surface area contributed by atoms with E-state index in [4.69, 9.17) is 15.2 Å². The molecule has 8 heteroatoms. The predicted molar refractivity (Wildman–Crippen MR) is 114 cm³/mol. The number of carbonyl (C=O) groups excluding carboxylic acids is 2. The molecule has 1 aliphatic heterocycles. The molecule has 1 aliphatic rings. The van der Waals surface area contributed by atoms with E-state index in [1.807, 2.05) is 37.3 Å². The van der Waals surface area contributed by atoms with E-state index in [9.17, 15) is 9.59 Å². The number of nitrogens with zero attached hydrogens (tertiary/aromatic N) is 1. The summed E-state index contributed by atoms with van der Waals surface area (Å²) in [5.41, 5.74) is 7.33. The molecule has 0 bridgehead atoms. The molecular weight excluding hydrogens is 390 g/mol. The first kappa shape index (κ1) is 20.5. The Bertz CT molecular complexity index is 958. The Morgan fingerprint density at radius 1 is 1.17 bits per heavy atom. The highest BCUT2D eigenvalue weighted by Crippen LogP contribution is 2.32. The fraction of sp³-hybridized carbons (Fsp3) is 0.190. The van der Waals surface area contributed by atoms with Crippen LogP contribution in [0.5, 0.6) is 11.5 Å². The van der Waals surface area contributed by atoms with Crippen LogP contribution >= 0.6 is 11.8 Å². The summed E-state index contributed by atoms with van der Waals surface area (Å²) in [6.45, 7) is 2.59. The largest absolute Gasteiger partial charge is 0.490 e. The van der Waals surface area contributed by atoms with E-state index in [2.05, 4.69) is 10.3 Å². The number of nitrogens with one attached hydrogen (secondary N) is 1. The Hall–Kier alpha value is -3.26. The second-order valence-corrected chi connectivity index (χ2v) is 7.12. The highest BCUT2D eigenvalue weighted by atomic mass is 32.2. The number of carbonyl (C=O) groups is 2. The predicted octanol–water partition coefficient (Wildman–Crippen LogP) is 2.71. The highest BCUT2D eigenvalue weighted by molar-refractivity contribution is 8.18. The minimum absolute atomic E-state index is 0.133. The second-order valence-electron chi connectivity index (χ2n) is 6.06. The molecule has 2 aromatic rings. The summed E-state index contributed by atoms with van der Waals surface area (Å²) >= 11 is 1.12. The quantitative estimate of drug-likeness (QED) is 0.648. The molecule has 0 aromatic heterocycles. The number of hydrogen-bond donors (Lipinski definition) is 2. The van der Waals surface area contributed by atoms with E-state index in [-0.39, 0.29) is 23.6 Å². The first-order valence-electron chi connectivity index (χ1n) is 9.03. The van der Waals surface area contributed by atoms with Crippen molar-refractivity contribution in [1.82, 2.24) is 5.32 Å². The lowest BCUT2D eigenvalue weighted by molar-refractivity contribution is -0.123. The maximum absolute atomic E-state index is 12.1. The first-order chi connectivity index (χ1) is 14.0. The number of ether oxygens (including phenoxy) is 2. The monoisotopic (exact) mass is 411 g/mol. The summed E-state index contributed by atoms with van der Waals surface area (Å²) in [6, 6.07) is 14.9. The number of nitrogens with two attached hydrogens (primary N) is 1. The van der Waals surface area contributed by atoms with Gasteiger partial charge in [-0.1, -0.05) is 36.4 Å². The van der Waals surface area contributed by atoms with Crippen LogP contribution in [-0.4, -0.2) is 30.2 Å². The summed E-state index contributed by atoms with van der Waals surface area (Å²) in [5, 5.41) is 3.04. The van der Waals surface area contributed by atoms with Gasteiger partial charge in [0.2, 0.25) is 0 Å². The van der Waals surface area contributed by atoms with E-state index < -0.39 is 0 Å². The first-order valence-corrected chi connectivity index (χ1v) is 9.85. The van der Waals surface area contributed by atoms with Crippen molar-refractivity contribution in [3.8, 4) is 11.5 Å². The summed E-state index contributed by atoms with van der Waals surface area (Å²) in [4.78, 5) is 27.9. The normalized spacial score (nSPS) is 14.6. The zero-order chi connectivity index (χ0) is 20.6. The third-order valence-corrected chi connectivity index (χ3v) is 4.71. The molecule has 1 heterocycles. The zero-order valence-corrected chi connectivity index (χ0v) is 16.7. The Balaban J connectivity index is 1.62. The molecule has 3 N–H and O–H groups in total. The van der Waals surface area contributed by atoms with Crippen LogP contribution in [-0.2, 0) is 16.1 Å². The third-order valence-electron chi connectivity index (χ3n) is 3.89. The van der Waals surface area contributed by atoms with Crippen molar-refractivity contribution in [2.75, 3.05) is 13.2 Å². The number of amidine groups is 1. The van der Waals surface area contributed by atoms with Crippen molar-refractivity contribution < 1.29 is 19.1 Å². The minimum Gasteiger partial charge on any atom is -0.490 e. The topological polar surface area (TPSA) is 103 Å². The van der Waals surface area contributed by atoms with Crippen LogP contribution in [0, 0.1) is 0 Å². The summed E-state index contributed by atoms with van der Waals surface area (Å²) in [7, 11) is 0. The number of hydrogen-bond acceptors (Lipinski definition) is 6.